The number of β-amino-alcohol motifs (C(OH)–C–C–N with tert-alkyl or cyclic N) is 1. The molecule has 24 heavy (non-hydrogen) atoms. The fraction of sp³-hybridized carbons (Fsp3) is 0.684. The van der Waals surface area contributed by atoms with Crippen molar-refractivity contribution in [1.82, 2.24) is 10.2 Å². The first-order chi connectivity index (χ1) is 11.7. The molecule has 134 valence electrons. The van der Waals surface area contributed by atoms with E-state index in [0.717, 1.165) is 49.0 Å². The summed E-state index contributed by atoms with van der Waals surface area (Å²) in [6, 6.07) is 6.01. The molecule has 1 saturated heterocycles. The standard InChI is InChI=1S/C19H30N2O3/c1-15-6-8-21(9-7-15)14-17(22)13-20-12-16-4-2-5-18-19(16)24-11-3-10-23-18/h2,4-5,15,17,20,22H,3,6-14H2,1H3. The monoisotopic (exact) mass is 334 g/mol. The van der Waals surface area contributed by atoms with E-state index in [9.17, 15) is 5.11 Å². The molecule has 1 aromatic carbocycles. The van der Waals surface area contributed by atoms with E-state index in [0.29, 0.717) is 26.3 Å². The average Bonchev–Trinajstić information content (AvgIpc) is 2.83. The van der Waals surface area contributed by atoms with Crippen molar-refractivity contribution < 1.29 is 14.6 Å². The van der Waals surface area contributed by atoms with Gasteiger partial charge in [0.1, 0.15) is 0 Å². The highest BCUT2D eigenvalue weighted by atomic mass is 16.5. The highest BCUT2D eigenvalue weighted by Crippen LogP contribution is 2.33. The van der Waals surface area contributed by atoms with Gasteiger partial charge in [0, 0.05) is 31.6 Å². The van der Waals surface area contributed by atoms with Gasteiger partial charge in [-0.15, -0.1) is 0 Å². The zero-order valence-corrected chi connectivity index (χ0v) is 14.7. The Labute approximate surface area is 144 Å². The van der Waals surface area contributed by atoms with Crippen LogP contribution < -0.4 is 14.8 Å². The van der Waals surface area contributed by atoms with Crippen LogP contribution in [0.1, 0.15) is 31.7 Å². The van der Waals surface area contributed by atoms with E-state index in [2.05, 4.69) is 23.2 Å². The van der Waals surface area contributed by atoms with Gasteiger partial charge in [0.25, 0.3) is 0 Å². The van der Waals surface area contributed by atoms with Crippen LogP contribution in [0.3, 0.4) is 0 Å². The van der Waals surface area contributed by atoms with Gasteiger partial charge in [-0.25, -0.2) is 0 Å². The number of aliphatic hydroxyl groups excluding tert-OH is 1. The summed E-state index contributed by atoms with van der Waals surface area (Å²) in [6.07, 6.45) is 3.06. The highest BCUT2D eigenvalue weighted by Gasteiger charge is 2.18. The molecule has 1 atom stereocenters. The van der Waals surface area contributed by atoms with E-state index in [1.54, 1.807) is 0 Å². The minimum atomic E-state index is -0.335. The third kappa shape index (κ3) is 4.85. The van der Waals surface area contributed by atoms with Gasteiger partial charge in [-0.05, 0) is 37.9 Å². The lowest BCUT2D eigenvalue weighted by atomic mass is 9.99. The zero-order valence-electron chi connectivity index (χ0n) is 14.7. The van der Waals surface area contributed by atoms with E-state index in [1.165, 1.54) is 12.8 Å². The molecule has 0 aromatic heterocycles. The van der Waals surface area contributed by atoms with E-state index in [4.69, 9.17) is 9.47 Å². The minimum absolute atomic E-state index is 0.335. The second-order valence-electron chi connectivity index (χ2n) is 7.06. The van der Waals surface area contributed by atoms with Crippen molar-refractivity contribution >= 4 is 0 Å². The number of piperidine rings is 1. The number of aliphatic hydroxyl groups is 1. The van der Waals surface area contributed by atoms with Crippen molar-refractivity contribution in [3.63, 3.8) is 0 Å². The van der Waals surface area contributed by atoms with Crippen molar-refractivity contribution in [2.24, 2.45) is 5.92 Å². The molecule has 0 saturated carbocycles. The normalized spacial score (nSPS) is 20.6. The molecule has 0 aliphatic carbocycles. The molecule has 2 heterocycles. The lowest BCUT2D eigenvalue weighted by molar-refractivity contribution is 0.0906. The molecule has 2 aliphatic rings. The van der Waals surface area contributed by atoms with Crippen LogP contribution in [0.2, 0.25) is 0 Å². The molecule has 1 aromatic rings. The topological polar surface area (TPSA) is 54.0 Å². The zero-order chi connectivity index (χ0) is 16.8. The summed E-state index contributed by atoms with van der Waals surface area (Å²) in [4.78, 5) is 2.37. The Morgan fingerprint density at radius 3 is 2.88 bits per heavy atom. The Balaban J connectivity index is 1.44. The third-order valence-corrected chi connectivity index (χ3v) is 4.89. The van der Waals surface area contributed by atoms with Crippen LogP contribution in [0.4, 0.5) is 0 Å². The second kappa shape index (κ2) is 8.70. The van der Waals surface area contributed by atoms with E-state index >= 15 is 0 Å². The molecule has 1 fully saturated rings. The first-order valence-corrected chi connectivity index (χ1v) is 9.21. The van der Waals surface area contributed by atoms with Crippen LogP contribution in [-0.2, 0) is 6.54 Å². The number of hydrogen-bond acceptors (Lipinski definition) is 5. The average molecular weight is 334 g/mol. The first-order valence-electron chi connectivity index (χ1n) is 9.21. The third-order valence-electron chi connectivity index (χ3n) is 4.89. The lowest BCUT2D eigenvalue weighted by Crippen LogP contribution is -2.41. The van der Waals surface area contributed by atoms with Crippen molar-refractivity contribution in [1.29, 1.82) is 0 Å². The van der Waals surface area contributed by atoms with Crippen molar-refractivity contribution in [2.45, 2.75) is 38.8 Å². The predicted molar refractivity (Wildman–Crippen MR) is 94.6 cm³/mol. The molecule has 2 N–H and O–H groups in total. The molecule has 5 nitrogen and oxygen atoms in total. The van der Waals surface area contributed by atoms with Crippen LogP contribution in [0.15, 0.2) is 18.2 Å². The van der Waals surface area contributed by atoms with E-state index in [-0.39, 0.29) is 6.10 Å². The van der Waals surface area contributed by atoms with Crippen LogP contribution in [0, 0.1) is 5.92 Å². The summed E-state index contributed by atoms with van der Waals surface area (Å²) in [5, 5.41) is 13.6. The summed E-state index contributed by atoms with van der Waals surface area (Å²) in [7, 11) is 0. The summed E-state index contributed by atoms with van der Waals surface area (Å²) in [6.45, 7) is 7.95. The smallest absolute Gasteiger partial charge is 0.165 e. The highest BCUT2D eigenvalue weighted by molar-refractivity contribution is 5.47. The van der Waals surface area contributed by atoms with E-state index < -0.39 is 0 Å². The maximum atomic E-state index is 10.3. The Kier molecular flexibility index (Phi) is 6.35. The SMILES string of the molecule is CC1CCN(CC(O)CNCc2cccc3c2OCCCO3)CC1. The van der Waals surface area contributed by atoms with E-state index in [1.807, 2.05) is 12.1 Å². The first kappa shape index (κ1) is 17.5. The van der Waals surface area contributed by atoms with Crippen LogP contribution in [0.5, 0.6) is 11.5 Å². The van der Waals surface area contributed by atoms with Gasteiger partial charge in [0.05, 0.1) is 19.3 Å². The number of fused-ring (bicyclic) bond motifs is 1. The Morgan fingerprint density at radius 1 is 1.25 bits per heavy atom. The molecule has 0 bridgehead atoms. The van der Waals surface area contributed by atoms with Gasteiger partial charge >= 0.3 is 0 Å². The van der Waals surface area contributed by atoms with Gasteiger partial charge in [-0.1, -0.05) is 19.1 Å². The number of nitrogens with zero attached hydrogens (tertiary/aromatic N) is 1. The largest absolute Gasteiger partial charge is 0.490 e. The Morgan fingerprint density at radius 2 is 2.04 bits per heavy atom. The molecule has 0 amide bonds. The number of ether oxygens (including phenoxy) is 2. The molecule has 2 aliphatic heterocycles. The van der Waals surface area contributed by atoms with Crippen molar-refractivity contribution in [3.05, 3.63) is 23.8 Å². The number of rotatable bonds is 6. The second-order valence-corrected chi connectivity index (χ2v) is 7.06. The molecular formula is C19H30N2O3. The van der Waals surface area contributed by atoms with Crippen molar-refractivity contribution in [2.75, 3.05) is 39.4 Å². The summed E-state index contributed by atoms with van der Waals surface area (Å²) in [5.41, 5.74) is 1.09. The van der Waals surface area contributed by atoms with Gasteiger partial charge in [-0.3, -0.25) is 0 Å². The molecule has 1 unspecified atom stereocenters. The van der Waals surface area contributed by atoms with Crippen LogP contribution in [0.25, 0.3) is 0 Å². The predicted octanol–water partition coefficient (Wildman–Crippen LogP) is 2.03. The van der Waals surface area contributed by atoms with Crippen LogP contribution in [-0.4, -0.2) is 55.5 Å². The van der Waals surface area contributed by atoms with Gasteiger partial charge in [0.15, 0.2) is 11.5 Å². The number of para-hydroxylation sites is 1. The number of nitrogens with one attached hydrogen (secondary N) is 1. The quantitative estimate of drug-likeness (QED) is 0.834. The summed E-state index contributed by atoms with van der Waals surface area (Å²) < 4.78 is 11.5. The molecule has 3 rings (SSSR count). The summed E-state index contributed by atoms with van der Waals surface area (Å²) in [5.74, 6) is 2.50. The molecule has 0 radical (unpaired) electrons. The molecular weight excluding hydrogens is 304 g/mol. The Bertz CT molecular complexity index is 515. The van der Waals surface area contributed by atoms with Gasteiger partial charge in [0.2, 0.25) is 0 Å². The van der Waals surface area contributed by atoms with Crippen LogP contribution >= 0.6 is 0 Å². The number of benzene rings is 1. The molecule has 5 heteroatoms. The fourth-order valence-electron chi connectivity index (χ4n) is 3.37. The maximum Gasteiger partial charge on any atom is 0.165 e. The fourth-order valence-corrected chi connectivity index (χ4v) is 3.37. The van der Waals surface area contributed by atoms with Gasteiger partial charge < -0.3 is 24.8 Å². The summed E-state index contributed by atoms with van der Waals surface area (Å²) >= 11 is 0. The van der Waals surface area contributed by atoms with Gasteiger partial charge in [-0.2, -0.15) is 0 Å². The number of hydrogen-bond donors (Lipinski definition) is 2. The molecule has 0 spiro atoms. The van der Waals surface area contributed by atoms with Crippen molar-refractivity contribution in [3.8, 4) is 11.5 Å². The minimum Gasteiger partial charge on any atom is -0.490 e. The Hall–Kier alpha value is -1.30. The number of likely N-dealkylation sites (tertiary alicyclic amines) is 1. The lowest BCUT2D eigenvalue weighted by Gasteiger charge is -2.31. The maximum absolute atomic E-state index is 10.3.